The average molecular weight is 452 g/mol. The Balaban J connectivity index is 1.52. The summed E-state index contributed by atoms with van der Waals surface area (Å²) in [5, 5.41) is 9.57. The molecule has 0 radical (unpaired) electrons. The molecule has 1 atom stereocenters. The van der Waals surface area contributed by atoms with Gasteiger partial charge in [-0.1, -0.05) is 23.7 Å². The SMILES string of the molecule is COC(=O)C(Oc1ccc(C#N)cc1)c1ccc(OCCCOc2ccc(Cl)cc2)cc1. The van der Waals surface area contributed by atoms with E-state index in [2.05, 4.69) is 0 Å². The zero-order valence-corrected chi connectivity index (χ0v) is 18.2. The van der Waals surface area contributed by atoms with Crippen molar-refractivity contribution >= 4 is 17.6 Å². The van der Waals surface area contributed by atoms with Gasteiger partial charge < -0.3 is 18.9 Å². The molecule has 0 N–H and O–H groups in total. The zero-order chi connectivity index (χ0) is 22.8. The van der Waals surface area contributed by atoms with Gasteiger partial charge in [0.25, 0.3) is 0 Å². The van der Waals surface area contributed by atoms with Gasteiger partial charge in [-0.2, -0.15) is 5.26 Å². The first-order valence-corrected chi connectivity index (χ1v) is 10.3. The molecule has 0 aliphatic rings. The fourth-order valence-corrected chi connectivity index (χ4v) is 2.94. The molecule has 0 saturated heterocycles. The van der Waals surface area contributed by atoms with Crippen LogP contribution < -0.4 is 14.2 Å². The van der Waals surface area contributed by atoms with Gasteiger partial charge in [0.1, 0.15) is 17.2 Å². The molecular formula is C25H22ClNO5. The van der Waals surface area contributed by atoms with E-state index in [0.29, 0.717) is 47.3 Å². The highest BCUT2D eigenvalue weighted by Crippen LogP contribution is 2.25. The van der Waals surface area contributed by atoms with E-state index in [0.717, 1.165) is 5.75 Å². The van der Waals surface area contributed by atoms with Crippen LogP contribution in [0.15, 0.2) is 72.8 Å². The topological polar surface area (TPSA) is 77.8 Å². The average Bonchev–Trinajstić information content (AvgIpc) is 2.84. The van der Waals surface area contributed by atoms with Crippen molar-refractivity contribution in [2.75, 3.05) is 20.3 Å². The quantitative estimate of drug-likeness (QED) is 0.305. The Morgan fingerprint density at radius 1 is 0.875 bits per heavy atom. The molecule has 0 aromatic heterocycles. The van der Waals surface area contributed by atoms with Crippen LogP contribution >= 0.6 is 11.6 Å². The van der Waals surface area contributed by atoms with Gasteiger partial charge in [-0.05, 0) is 60.7 Å². The summed E-state index contributed by atoms with van der Waals surface area (Å²) in [5.74, 6) is 1.36. The van der Waals surface area contributed by atoms with Crippen molar-refractivity contribution in [3.05, 3.63) is 88.9 Å². The number of carbonyl (C=O) groups is 1. The van der Waals surface area contributed by atoms with Crippen LogP contribution in [0.5, 0.6) is 17.2 Å². The van der Waals surface area contributed by atoms with E-state index in [1.54, 1.807) is 60.7 Å². The van der Waals surface area contributed by atoms with Crippen LogP contribution in [0.25, 0.3) is 0 Å². The molecule has 3 aromatic rings. The first kappa shape index (κ1) is 23.0. The molecule has 3 aromatic carbocycles. The second-order valence-corrected chi connectivity index (χ2v) is 7.17. The normalized spacial score (nSPS) is 11.2. The minimum atomic E-state index is -0.935. The van der Waals surface area contributed by atoms with Crippen molar-refractivity contribution in [3.63, 3.8) is 0 Å². The van der Waals surface area contributed by atoms with Gasteiger partial charge in [-0.3, -0.25) is 0 Å². The molecule has 0 bridgehead atoms. The standard InChI is InChI=1S/C25H22ClNO5/c1-29-25(28)24(32-23-9-3-18(17-27)4-10-23)19-5-11-21(12-6-19)30-15-2-16-31-22-13-7-20(26)8-14-22/h3-14,24H,2,15-16H2,1H3. The molecular weight excluding hydrogens is 430 g/mol. The fraction of sp³-hybridized carbons (Fsp3) is 0.200. The molecule has 32 heavy (non-hydrogen) atoms. The minimum absolute atomic E-state index is 0.459. The number of halogens is 1. The number of rotatable bonds is 10. The van der Waals surface area contributed by atoms with Crippen LogP contribution in [0.4, 0.5) is 0 Å². The maximum absolute atomic E-state index is 12.3. The zero-order valence-electron chi connectivity index (χ0n) is 17.5. The molecule has 7 heteroatoms. The van der Waals surface area contributed by atoms with Crippen molar-refractivity contribution in [2.45, 2.75) is 12.5 Å². The maximum atomic E-state index is 12.3. The van der Waals surface area contributed by atoms with Crippen molar-refractivity contribution < 1.29 is 23.7 Å². The van der Waals surface area contributed by atoms with Gasteiger partial charge in [0.2, 0.25) is 6.10 Å². The summed E-state index contributed by atoms with van der Waals surface area (Å²) >= 11 is 5.85. The number of ether oxygens (including phenoxy) is 4. The van der Waals surface area contributed by atoms with E-state index < -0.39 is 12.1 Å². The summed E-state index contributed by atoms with van der Waals surface area (Å²) in [6.45, 7) is 0.998. The third-order valence-electron chi connectivity index (χ3n) is 4.48. The van der Waals surface area contributed by atoms with Gasteiger partial charge in [0.15, 0.2) is 0 Å². The Morgan fingerprint density at radius 2 is 1.41 bits per heavy atom. The van der Waals surface area contributed by atoms with Crippen molar-refractivity contribution in [2.24, 2.45) is 0 Å². The summed E-state index contributed by atoms with van der Waals surface area (Å²) < 4.78 is 22.1. The summed E-state index contributed by atoms with van der Waals surface area (Å²) in [5.41, 5.74) is 1.13. The van der Waals surface area contributed by atoms with Crippen LogP contribution in [0.3, 0.4) is 0 Å². The molecule has 3 rings (SSSR count). The van der Waals surface area contributed by atoms with Gasteiger partial charge in [-0.25, -0.2) is 4.79 Å². The third-order valence-corrected chi connectivity index (χ3v) is 4.73. The highest BCUT2D eigenvalue weighted by atomic mass is 35.5. The second kappa shape index (κ2) is 11.6. The Kier molecular flexibility index (Phi) is 8.36. The van der Waals surface area contributed by atoms with Crippen LogP contribution in [0.2, 0.25) is 5.02 Å². The predicted molar refractivity (Wildman–Crippen MR) is 120 cm³/mol. The Morgan fingerprint density at radius 3 is 1.94 bits per heavy atom. The lowest BCUT2D eigenvalue weighted by atomic mass is 10.1. The number of esters is 1. The number of methoxy groups -OCH3 is 1. The molecule has 0 aliphatic heterocycles. The highest BCUT2D eigenvalue weighted by Gasteiger charge is 2.23. The molecule has 6 nitrogen and oxygen atoms in total. The minimum Gasteiger partial charge on any atom is -0.493 e. The molecule has 0 spiro atoms. The van der Waals surface area contributed by atoms with E-state index >= 15 is 0 Å². The van der Waals surface area contributed by atoms with E-state index in [-0.39, 0.29) is 0 Å². The number of hydrogen-bond donors (Lipinski definition) is 0. The lowest BCUT2D eigenvalue weighted by Crippen LogP contribution is -2.20. The maximum Gasteiger partial charge on any atom is 0.351 e. The Bertz CT molecular complexity index is 1040. The van der Waals surface area contributed by atoms with E-state index in [9.17, 15) is 4.79 Å². The number of carbonyl (C=O) groups excluding carboxylic acids is 1. The molecule has 0 amide bonds. The largest absolute Gasteiger partial charge is 0.493 e. The predicted octanol–water partition coefficient (Wildman–Crippen LogP) is 5.35. The number of nitrogens with zero attached hydrogens (tertiary/aromatic N) is 1. The number of benzene rings is 3. The Labute approximate surface area is 191 Å². The monoisotopic (exact) mass is 451 g/mol. The van der Waals surface area contributed by atoms with Gasteiger partial charge in [0.05, 0.1) is 32.0 Å². The fourth-order valence-electron chi connectivity index (χ4n) is 2.81. The van der Waals surface area contributed by atoms with Crippen LogP contribution in [0.1, 0.15) is 23.7 Å². The smallest absolute Gasteiger partial charge is 0.351 e. The lowest BCUT2D eigenvalue weighted by Gasteiger charge is -2.18. The third kappa shape index (κ3) is 6.66. The van der Waals surface area contributed by atoms with Crippen LogP contribution in [0, 0.1) is 11.3 Å². The number of hydrogen-bond acceptors (Lipinski definition) is 6. The molecule has 0 heterocycles. The van der Waals surface area contributed by atoms with Crippen molar-refractivity contribution in [3.8, 4) is 23.3 Å². The molecule has 0 aliphatic carbocycles. The van der Waals surface area contributed by atoms with Crippen LogP contribution in [-0.2, 0) is 9.53 Å². The summed E-state index contributed by atoms with van der Waals surface area (Å²) in [7, 11) is 1.31. The molecule has 0 saturated carbocycles. The van der Waals surface area contributed by atoms with E-state index in [1.165, 1.54) is 7.11 Å². The molecule has 164 valence electrons. The lowest BCUT2D eigenvalue weighted by molar-refractivity contribution is -0.149. The highest BCUT2D eigenvalue weighted by molar-refractivity contribution is 6.30. The summed E-state index contributed by atoms with van der Waals surface area (Å²) in [6.07, 6.45) is -0.230. The van der Waals surface area contributed by atoms with E-state index in [1.807, 2.05) is 18.2 Å². The van der Waals surface area contributed by atoms with Crippen molar-refractivity contribution in [1.82, 2.24) is 0 Å². The second-order valence-electron chi connectivity index (χ2n) is 6.73. The number of nitriles is 1. The summed E-state index contributed by atoms with van der Waals surface area (Å²) in [6, 6.07) is 22.8. The van der Waals surface area contributed by atoms with Gasteiger partial charge >= 0.3 is 5.97 Å². The van der Waals surface area contributed by atoms with Crippen molar-refractivity contribution in [1.29, 1.82) is 5.26 Å². The Hall–Kier alpha value is -3.69. The van der Waals surface area contributed by atoms with Crippen LogP contribution in [-0.4, -0.2) is 26.3 Å². The molecule has 1 unspecified atom stereocenters. The first-order valence-electron chi connectivity index (χ1n) is 9.95. The van der Waals surface area contributed by atoms with Gasteiger partial charge in [-0.15, -0.1) is 0 Å². The van der Waals surface area contributed by atoms with E-state index in [4.69, 9.17) is 35.8 Å². The van der Waals surface area contributed by atoms with Gasteiger partial charge in [0, 0.05) is 17.0 Å². The molecule has 0 fully saturated rings. The summed E-state index contributed by atoms with van der Waals surface area (Å²) in [4.78, 5) is 12.3. The first-order chi connectivity index (χ1) is 15.6.